The smallest absolute Gasteiger partial charge is 0.330 e. The molecule has 0 amide bonds. The average molecular weight is 790 g/mol. The van der Waals surface area contributed by atoms with Gasteiger partial charge in [-0.1, -0.05) is 6.07 Å². The average Bonchev–Trinajstić information content (AvgIpc) is 3.18. The number of esters is 1. The zero-order chi connectivity index (χ0) is 40.4. The number of rotatable bonds is 11. The van der Waals surface area contributed by atoms with E-state index in [1.54, 1.807) is 0 Å². The number of benzene rings is 3. The van der Waals surface area contributed by atoms with E-state index in [-0.39, 0.29) is 51.4 Å². The first-order valence-electron chi connectivity index (χ1n) is 17.1. The van der Waals surface area contributed by atoms with Crippen LogP contribution >= 0.6 is 0 Å². The minimum atomic E-state index is -1.85. The van der Waals surface area contributed by atoms with Crippen LogP contribution in [0.25, 0.3) is 12.2 Å². The second kappa shape index (κ2) is 16.8. The monoisotopic (exact) mass is 789 g/mol. The molecule has 0 radical (unpaired) electrons. The fourth-order valence-electron chi connectivity index (χ4n) is 6.17. The molecule has 3 aromatic rings. The van der Waals surface area contributed by atoms with Gasteiger partial charge in [-0.05, 0) is 42.0 Å². The van der Waals surface area contributed by atoms with Crippen LogP contribution < -0.4 is 9.47 Å². The maximum Gasteiger partial charge on any atom is 0.330 e. The molecule has 0 aromatic heterocycles. The Morgan fingerprint density at radius 3 is 2.09 bits per heavy atom. The third kappa shape index (κ3) is 8.40. The summed E-state index contributed by atoms with van der Waals surface area (Å²) in [7, 11) is 1.34. The van der Waals surface area contributed by atoms with Crippen LogP contribution in [0.15, 0.2) is 60.4 Å². The topological polar surface area (TPSA) is 308 Å². The summed E-state index contributed by atoms with van der Waals surface area (Å²) in [5.74, 6) is -2.15. The van der Waals surface area contributed by atoms with Crippen molar-refractivity contribution in [3.05, 3.63) is 77.1 Å². The van der Waals surface area contributed by atoms with Crippen molar-refractivity contribution in [3.63, 3.8) is 0 Å². The highest BCUT2D eigenvalue weighted by atomic mass is 16.7. The van der Waals surface area contributed by atoms with Gasteiger partial charge in [-0.2, -0.15) is 0 Å². The molecule has 56 heavy (non-hydrogen) atoms. The summed E-state index contributed by atoms with van der Waals surface area (Å²) in [5, 5.41) is 113. The number of phenolic OH excluding ortho intramolecular Hbond substituents is 4. The van der Waals surface area contributed by atoms with Gasteiger partial charge in [0.15, 0.2) is 28.8 Å². The molecule has 302 valence electrons. The van der Waals surface area contributed by atoms with Gasteiger partial charge >= 0.3 is 5.97 Å². The molecule has 3 aliphatic rings. The summed E-state index contributed by atoms with van der Waals surface area (Å²) in [6.45, 7) is -1.34. The molecular weight excluding hydrogens is 748 g/mol. The highest BCUT2D eigenvalue weighted by Crippen LogP contribution is 2.46. The summed E-state index contributed by atoms with van der Waals surface area (Å²) in [4.78, 5) is 12.7. The predicted molar refractivity (Wildman–Crippen MR) is 187 cm³/mol. The Labute approximate surface area is 317 Å². The van der Waals surface area contributed by atoms with Crippen molar-refractivity contribution in [2.45, 2.75) is 67.5 Å². The highest BCUT2D eigenvalue weighted by Gasteiger charge is 2.48. The van der Waals surface area contributed by atoms with E-state index in [1.165, 1.54) is 61.7 Å². The van der Waals surface area contributed by atoms with Crippen molar-refractivity contribution in [2.24, 2.45) is 0 Å². The van der Waals surface area contributed by atoms with Crippen LogP contribution in [0.4, 0.5) is 0 Å². The quantitative estimate of drug-likeness (QED) is 0.0638. The molecule has 3 heterocycles. The lowest BCUT2D eigenvalue weighted by molar-refractivity contribution is -0.296. The number of aliphatic hydroxyl groups excluding tert-OH is 7. The number of hydrogen-bond acceptors (Lipinski definition) is 18. The first-order valence-corrected chi connectivity index (χ1v) is 17.1. The zero-order valence-electron chi connectivity index (χ0n) is 29.3. The van der Waals surface area contributed by atoms with E-state index >= 15 is 0 Å². The standard InChI is InChI=1S/C37H40O19/c1-50-23-9-16(4-6-19(23)40)35-25(12-18-21(42)10-17(39)11-22(18)52-35)54-37-34(49)32(47)30(45)27(56-37)14-51-28(43)7-3-15-2-5-20(41)24(8-15)53-36-33(48)31(46)29(44)26(13-38)55-36/h2-12,26-27,29-42,44-49H,13-14H2,1H3/p+1. The molecule has 6 rings (SSSR count). The van der Waals surface area contributed by atoms with Gasteiger partial charge in [0, 0.05) is 18.2 Å². The summed E-state index contributed by atoms with van der Waals surface area (Å²) in [5.41, 5.74) is 0.822. The molecule has 0 bridgehead atoms. The van der Waals surface area contributed by atoms with E-state index in [0.29, 0.717) is 5.56 Å². The molecule has 3 aromatic carbocycles. The fourth-order valence-corrected chi connectivity index (χ4v) is 6.17. The van der Waals surface area contributed by atoms with Gasteiger partial charge in [0.1, 0.15) is 72.5 Å². The number of methoxy groups -OCH3 is 1. The van der Waals surface area contributed by atoms with Crippen LogP contribution in [0, 0.1) is 0 Å². The Morgan fingerprint density at radius 2 is 1.39 bits per heavy atom. The summed E-state index contributed by atoms with van der Waals surface area (Å²) in [6.07, 6.45) is -13.9. The highest BCUT2D eigenvalue weighted by molar-refractivity contribution is 5.87. The number of phenols is 4. The van der Waals surface area contributed by atoms with Crippen LogP contribution in [0.3, 0.4) is 0 Å². The molecule has 0 spiro atoms. The largest absolute Gasteiger partial charge is 0.571 e. The number of fused-ring (bicyclic) bond motifs is 1. The Morgan fingerprint density at radius 1 is 0.750 bits per heavy atom. The third-order valence-corrected chi connectivity index (χ3v) is 9.26. The first-order chi connectivity index (χ1) is 26.7. The summed E-state index contributed by atoms with van der Waals surface area (Å²) < 4.78 is 37.6. The lowest BCUT2D eigenvalue weighted by Crippen LogP contribution is -2.60. The molecule has 2 saturated heterocycles. The number of aliphatic hydroxyl groups is 8. The lowest BCUT2D eigenvalue weighted by atomic mass is 9.98. The SMILES string of the molecule is COc1cc(C2[OH+]c3cc(O)cc(O)c3C=C2OC2OC(COC(=O)C=Cc3ccc(O)c(OC4OC(CO)C(O)C(O)C4O)c3)C(O)C(O)C2O)ccc1O. The van der Waals surface area contributed by atoms with Crippen LogP contribution in [0.5, 0.6) is 40.2 Å². The second-order valence-corrected chi connectivity index (χ2v) is 13.0. The maximum absolute atomic E-state index is 12.7. The lowest BCUT2D eigenvalue weighted by Gasteiger charge is -2.40. The molecule has 19 heteroatoms. The van der Waals surface area contributed by atoms with Gasteiger partial charge in [0.2, 0.25) is 12.6 Å². The molecule has 3 aliphatic heterocycles. The van der Waals surface area contributed by atoms with Crippen molar-refractivity contribution in [1.29, 1.82) is 0 Å². The van der Waals surface area contributed by atoms with Crippen molar-refractivity contribution in [3.8, 4) is 40.2 Å². The normalized spacial score (nSPS) is 30.1. The van der Waals surface area contributed by atoms with Crippen LogP contribution in [0.2, 0.25) is 0 Å². The summed E-state index contributed by atoms with van der Waals surface area (Å²) >= 11 is 0. The first kappa shape index (κ1) is 40.3. The number of hydrogen-bond donors (Lipinski definition) is 11. The Balaban J connectivity index is 1.14. The van der Waals surface area contributed by atoms with Crippen LogP contribution in [-0.2, 0) is 23.7 Å². The predicted octanol–water partition coefficient (Wildman–Crippen LogP) is -0.886. The van der Waals surface area contributed by atoms with Crippen LogP contribution in [-0.4, -0.2) is 149 Å². The molecule has 11 atom stereocenters. The maximum atomic E-state index is 12.7. The number of ether oxygens (including phenoxy) is 7. The van der Waals surface area contributed by atoms with Crippen molar-refractivity contribution < 1.29 is 94.1 Å². The van der Waals surface area contributed by atoms with Crippen molar-refractivity contribution >= 4 is 18.1 Å². The Bertz CT molecular complexity index is 1950. The van der Waals surface area contributed by atoms with Gasteiger partial charge in [-0.15, -0.1) is 0 Å². The van der Waals surface area contributed by atoms with Crippen LogP contribution in [0.1, 0.15) is 22.8 Å². The molecular formula is C37H41O19+. The molecule has 0 saturated carbocycles. The van der Waals surface area contributed by atoms with E-state index < -0.39 is 92.4 Å². The Hall–Kier alpha value is -5.35. The molecule has 11 unspecified atom stereocenters. The minimum absolute atomic E-state index is 0.0265. The van der Waals surface area contributed by atoms with Gasteiger partial charge < -0.3 is 89.3 Å². The number of carbonyl (C=O) groups is 1. The minimum Gasteiger partial charge on any atom is -0.571 e. The second-order valence-electron chi connectivity index (χ2n) is 13.0. The number of carbonyl (C=O) groups excluding carboxylic acids is 1. The van der Waals surface area contributed by atoms with Crippen molar-refractivity contribution in [2.75, 3.05) is 20.3 Å². The van der Waals surface area contributed by atoms with E-state index in [2.05, 4.69) is 4.74 Å². The Kier molecular flexibility index (Phi) is 12.1. The van der Waals surface area contributed by atoms with E-state index in [4.69, 9.17) is 28.4 Å². The zero-order valence-corrected chi connectivity index (χ0v) is 29.3. The number of aromatic hydroxyl groups is 5. The van der Waals surface area contributed by atoms with E-state index in [0.717, 1.165) is 12.1 Å². The molecule has 12 N–H and O–H groups in total. The molecule has 19 nitrogen and oxygen atoms in total. The van der Waals surface area contributed by atoms with Gasteiger partial charge in [0.25, 0.3) is 11.9 Å². The van der Waals surface area contributed by atoms with Gasteiger partial charge in [-0.3, -0.25) is 0 Å². The van der Waals surface area contributed by atoms with E-state index in [9.17, 15) is 61.0 Å². The fraction of sp³-hybridized carbons (Fsp3) is 0.378. The third-order valence-electron chi connectivity index (χ3n) is 9.26. The molecule has 2 fully saturated rings. The summed E-state index contributed by atoms with van der Waals surface area (Å²) in [6, 6.07) is 10.5. The van der Waals surface area contributed by atoms with Gasteiger partial charge in [0.05, 0.1) is 25.3 Å². The van der Waals surface area contributed by atoms with E-state index in [1.807, 2.05) is 0 Å². The van der Waals surface area contributed by atoms with Gasteiger partial charge in [-0.25, -0.2) is 4.79 Å². The molecule has 0 aliphatic carbocycles. The van der Waals surface area contributed by atoms with Crippen molar-refractivity contribution in [1.82, 2.24) is 0 Å².